The number of fused-ring (bicyclic) bond motifs is 1. The molecule has 0 aliphatic carbocycles. The molecule has 23 heavy (non-hydrogen) atoms. The van der Waals surface area contributed by atoms with Crippen LogP contribution in [0.4, 0.5) is 16.0 Å². The number of nitrogens with one attached hydrogen (secondary N) is 2. The van der Waals surface area contributed by atoms with E-state index in [-0.39, 0.29) is 28.6 Å². The number of halogens is 1. The number of nitrogens with zero attached hydrogens (tertiary/aromatic N) is 2. The van der Waals surface area contributed by atoms with Crippen LogP contribution in [0.1, 0.15) is 6.42 Å². The number of anilines is 2. The van der Waals surface area contributed by atoms with Crippen LogP contribution in [0.5, 0.6) is 0 Å². The van der Waals surface area contributed by atoms with Gasteiger partial charge in [0.2, 0.25) is 11.9 Å². The van der Waals surface area contributed by atoms with Crippen LogP contribution in [-0.4, -0.2) is 21.8 Å². The first-order chi connectivity index (χ1) is 10.9. The summed E-state index contributed by atoms with van der Waals surface area (Å²) in [5.74, 6) is -1.90. The number of rotatable bonds is 3. The summed E-state index contributed by atoms with van der Waals surface area (Å²) in [4.78, 5) is 45.2. The first-order valence-corrected chi connectivity index (χ1v) is 6.51. The van der Waals surface area contributed by atoms with Crippen molar-refractivity contribution in [1.29, 1.82) is 0 Å². The van der Waals surface area contributed by atoms with E-state index < -0.39 is 23.2 Å². The molecule has 1 aromatic heterocycles. The Hall–Kier alpha value is -3.36. The third-order valence-electron chi connectivity index (χ3n) is 3.17. The molecular weight excluding hydrogens is 305 g/mol. The molecule has 3 rings (SSSR count). The number of benzene rings is 1. The second-order valence-electron chi connectivity index (χ2n) is 4.77. The Bertz CT molecular complexity index is 995. The Kier molecular flexibility index (Phi) is 3.45. The molecule has 2 amide bonds. The Morgan fingerprint density at radius 3 is 2.61 bits per heavy atom. The van der Waals surface area contributed by atoms with Crippen LogP contribution in [0.2, 0.25) is 0 Å². The quantitative estimate of drug-likeness (QED) is 0.657. The molecule has 0 bridgehead atoms. The molecule has 2 heterocycles. The van der Waals surface area contributed by atoms with Crippen LogP contribution in [0.3, 0.4) is 0 Å². The topological polar surface area (TPSA) is 130 Å². The maximum absolute atomic E-state index is 12.9. The summed E-state index contributed by atoms with van der Waals surface area (Å²) in [7, 11) is 0. The first-order valence-electron chi connectivity index (χ1n) is 6.51. The molecule has 1 aliphatic heterocycles. The number of nitrogens with two attached hydrogens (primary N) is 1. The molecule has 1 aromatic carbocycles. The van der Waals surface area contributed by atoms with Crippen LogP contribution < -0.4 is 27.3 Å². The van der Waals surface area contributed by atoms with E-state index >= 15 is 0 Å². The van der Waals surface area contributed by atoms with Gasteiger partial charge in [-0.1, -0.05) is 0 Å². The van der Waals surface area contributed by atoms with Crippen molar-refractivity contribution in [3.63, 3.8) is 0 Å². The van der Waals surface area contributed by atoms with E-state index in [0.717, 1.165) is 0 Å². The maximum Gasteiger partial charge on any atom is 0.262 e. The van der Waals surface area contributed by atoms with Gasteiger partial charge in [-0.15, -0.1) is 0 Å². The maximum atomic E-state index is 12.9. The molecule has 0 radical (unpaired) electrons. The number of H-pyrrole nitrogens is 1. The molecule has 1 aliphatic rings. The molecule has 0 atom stereocenters. The number of aromatic amines is 1. The number of primary amides is 1. The molecule has 0 saturated heterocycles. The van der Waals surface area contributed by atoms with Gasteiger partial charge in [-0.3, -0.25) is 19.4 Å². The number of carbonyl (C=O) groups is 2. The molecular formula is C14H10FN5O3. The summed E-state index contributed by atoms with van der Waals surface area (Å²) in [5, 5.41) is 2.64. The summed E-state index contributed by atoms with van der Waals surface area (Å²) < 4.78 is 12.9. The van der Waals surface area contributed by atoms with Crippen molar-refractivity contribution in [1.82, 2.24) is 9.97 Å². The van der Waals surface area contributed by atoms with Gasteiger partial charge in [-0.2, -0.15) is 9.98 Å². The summed E-state index contributed by atoms with van der Waals surface area (Å²) in [5.41, 5.74) is 4.71. The lowest BCUT2D eigenvalue weighted by atomic mass is 10.1. The highest BCUT2D eigenvalue weighted by atomic mass is 19.1. The van der Waals surface area contributed by atoms with E-state index in [4.69, 9.17) is 5.73 Å². The largest absolute Gasteiger partial charge is 0.366 e. The predicted molar refractivity (Wildman–Crippen MR) is 77.5 cm³/mol. The van der Waals surface area contributed by atoms with Crippen molar-refractivity contribution in [2.75, 3.05) is 5.32 Å². The number of amides is 2. The van der Waals surface area contributed by atoms with E-state index in [2.05, 4.69) is 20.3 Å². The van der Waals surface area contributed by atoms with E-state index in [0.29, 0.717) is 5.69 Å². The van der Waals surface area contributed by atoms with Crippen molar-refractivity contribution in [3.05, 3.63) is 51.1 Å². The molecule has 4 N–H and O–H groups in total. The van der Waals surface area contributed by atoms with Crippen molar-refractivity contribution in [3.8, 4) is 0 Å². The lowest BCUT2D eigenvalue weighted by Crippen LogP contribution is -2.49. The highest BCUT2D eigenvalue weighted by Crippen LogP contribution is 2.11. The smallest absolute Gasteiger partial charge is 0.262 e. The molecule has 0 spiro atoms. The van der Waals surface area contributed by atoms with E-state index in [1.165, 1.54) is 24.3 Å². The molecule has 116 valence electrons. The average molecular weight is 315 g/mol. The highest BCUT2D eigenvalue weighted by Gasteiger charge is 2.20. The van der Waals surface area contributed by atoms with E-state index in [9.17, 15) is 18.8 Å². The van der Waals surface area contributed by atoms with Gasteiger partial charge in [0.15, 0.2) is 5.49 Å². The van der Waals surface area contributed by atoms with Crippen molar-refractivity contribution >= 4 is 29.0 Å². The molecule has 8 nitrogen and oxygen atoms in total. The SMILES string of the molecule is NC(=O)C1=c2c(nc(Nc3ccc(F)cc3)[nH]c2=O)=NC(=O)C1. The fraction of sp³-hybridized carbons (Fsp3) is 0.0714. The van der Waals surface area contributed by atoms with Crippen LogP contribution in [0.15, 0.2) is 34.1 Å². The van der Waals surface area contributed by atoms with Gasteiger partial charge in [0.1, 0.15) is 5.82 Å². The second-order valence-corrected chi connectivity index (χ2v) is 4.77. The Morgan fingerprint density at radius 2 is 1.96 bits per heavy atom. The van der Waals surface area contributed by atoms with E-state index in [1.54, 1.807) is 0 Å². The average Bonchev–Trinajstić information content (AvgIpc) is 2.48. The summed E-state index contributed by atoms with van der Waals surface area (Å²) >= 11 is 0. The van der Waals surface area contributed by atoms with Crippen LogP contribution in [0.25, 0.3) is 5.57 Å². The zero-order chi connectivity index (χ0) is 16.6. The van der Waals surface area contributed by atoms with Crippen LogP contribution in [0, 0.1) is 5.82 Å². The Labute approximate surface area is 127 Å². The van der Waals surface area contributed by atoms with Crippen LogP contribution in [-0.2, 0) is 9.59 Å². The summed E-state index contributed by atoms with van der Waals surface area (Å²) in [6.07, 6.45) is -0.335. The van der Waals surface area contributed by atoms with Gasteiger partial charge in [-0.25, -0.2) is 4.39 Å². The lowest BCUT2D eigenvalue weighted by Gasteiger charge is -2.08. The Balaban J connectivity index is 2.14. The van der Waals surface area contributed by atoms with Gasteiger partial charge in [0, 0.05) is 11.3 Å². The molecule has 9 heteroatoms. The fourth-order valence-corrected chi connectivity index (χ4v) is 2.15. The number of aromatic nitrogens is 2. The first kappa shape index (κ1) is 14.6. The summed E-state index contributed by atoms with van der Waals surface area (Å²) in [6.45, 7) is 0. The zero-order valence-electron chi connectivity index (χ0n) is 11.6. The molecule has 0 fully saturated rings. The van der Waals surface area contributed by atoms with Gasteiger partial charge in [0.25, 0.3) is 11.5 Å². The minimum atomic E-state index is -0.874. The lowest BCUT2D eigenvalue weighted by molar-refractivity contribution is -0.119. The highest BCUT2D eigenvalue weighted by molar-refractivity contribution is 6.17. The normalized spacial score (nSPS) is 13.3. The van der Waals surface area contributed by atoms with Crippen molar-refractivity contribution in [2.45, 2.75) is 6.42 Å². The van der Waals surface area contributed by atoms with Gasteiger partial charge in [0.05, 0.1) is 11.6 Å². The second kappa shape index (κ2) is 5.44. The third kappa shape index (κ3) is 2.84. The van der Waals surface area contributed by atoms with Crippen molar-refractivity contribution < 1.29 is 14.0 Å². The van der Waals surface area contributed by atoms with Gasteiger partial charge < -0.3 is 11.1 Å². The summed E-state index contributed by atoms with van der Waals surface area (Å²) in [6, 6.07) is 5.34. The molecule has 0 saturated carbocycles. The Morgan fingerprint density at radius 1 is 1.26 bits per heavy atom. The number of carbonyl (C=O) groups excluding carboxylic acids is 2. The monoisotopic (exact) mass is 315 g/mol. The number of hydrogen-bond acceptors (Lipinski definition) is 5. The fourth-order valence-electron chi connectivity index (χ4n) is 2.15. The van der Waals surface area contributed by atoms with Crippen molar-refractivity contribution in [2.24, 2.45) is 10.7 Å². The minimum absolute atomic E-state index is 0.00243. The molecule has 0 unspecified atom stereocenters. The zero-order valence-corrected chi connectivity index (χ0v) is 11.6. The van der Waals surface area contributed by atoms with Gasteiger partial charge in [-0.05, 0) is 24.3 Å². The molecule has 2 aromatic rings. The van der Waals surface area contributed by atoms with Crippen LogP contribution >= 0.6 is 0 Å². The number of hydrogen-bond donors (Lipinski definition) is 3. The minimum Gasteiger partial charge on any atom is -0.366 e. The third-order valence-corrected chi connectivity index (χ3v) is 3.17. The predicted octanol–water partition coefficient (Wildman–Crippen LogP) is -1.16. The standard InChI is InChI=1S/C14H10FN5O3/c15-6-1-3-7(4-2-6)17-14-19-12-10(13(23)20-14)8(11(16)22)5-9(21)18-12/h1-4H,5H2,(H2,16,22)(H2,17,18,19,20,21,23). The van der Waals surface area contributed by atoms with E-state index in [1.807, 2.05) is 0 Å². The van der Waals surface area contributed by atoms with Gasteiger partial charge >= 0.3 is 0 Å².